The zero-order valence-electron chi connectivity index (χ0n) is 19.1. The first-order valence-corrected chi connectivity index (χ1v) is 10.8. The van der Waals surface area contributed by atoms with E-state index in [1.165, 1.54) is 0 Å². The minimum Gasteiger partial charge on any atom is -0.444 e. The van der Waals surface area contributed by atoms with Crippen molar-refractivity contribution in [3.8, 4) is 5.75 Å². The largest absolute Gasteiger partial charge is 0.444 e. The Bertz CT molecular complexity index is 1060. The Kier molecular flexibility index (Phi) is 6.43. The van der Waals surface area contributed by atoms with Crippen molar-refractivity contribution in [1.29, 1.82) is 0 Å². The molecule has 31 heavy (non-hydrogen) atoms. The Hall–Kier alpha value is -2.83. The van der Waals surface area contributed by atoms with Crippen LogP contribution in [0, 0.1) is 12.8 Å². The number of carbonyl (C=O) groups excluding carboxylic acids is 2. The van der Waals surface area contributed by atoms with E-state index in [9.17, 15) is 14.4 Å². The van der Waals surface area contributed by atoms with Crippen molar-refractivity contribution in [3.63, 3.8) is 0 Å². The smallest absolute Gasteiger partial charge is 0.408 e. The van der Waals surface area contributed by atoms with Gasteiger partial charge in [-0.3, -0.25) is 0 Å². The van der Waals surface area contributed by atoms with E-state index < -0.39 is 23.7 Å². The highest BCUT2D eigenvalue weighted by Crippen LogP contribution is 2.33. The van der Waals surface area contributed by atoms with Gasteiger partial charge in [0.05, 0.1) is 0 Å². The molecular formula is C24H31NO6. The summed E-state index contributed by atoms with van der Waals surface area (Å²) < 4.78 is 16.5. The number of hydrogen-bond acceptors (Lipinski definition) is 6. The lowest BCUT2D eigenvalue weighted by atomic mass is 10.0. The molecule has 1 aromatic heterocycles. The zero-order chi connectivity index (χ0) is 22.9. The number of hydrogen-bond donors (Lipinski definition) is 1. The Morgan fingerprint density at radius 2 is 1.84 bits per heavy atom. The third kappa shape index (κ3) is 5.27. The van der Waals surface area contributed by atoms with Crippen LogP contribution >= 0.6 is 0 Å². The van der Waals surface area contributed by atoms with Crippen molar-refractivity contribution in [3.05, 3.63) is 39.2 Å². The van der Waals surface area contributed by atoms with Crippen LogP contribution in [0.2, 0.25) is 0 Å². The highest BCUT2D eigenvalue weighted by Gasteiger charge is 2.28. The fourth-order valence-electron chi connectivity index (χ4n) is 3.89. The average Bonchev–Trinajstić information content (AvgIpc) is 3.13. The van der Waals surface area contributed by atoms with Crippen LogP contribution in [0.4, 0.5) is 4.79 Å². The lowest BCUT2D eigenvalue weighted by molar-refractivity contribution is -0.137. The third-order valence-electron chi connectivity index (χ3n) is 5.23. The van der Waals surface area contributed by atoms with Crippen LogP contribution in [0.25, 0.3) is 11.0 Å². The molecule has 1 N–H and O–H groups in total. The highest BCUT2D eigenvalue weighted by atomic mass is 16.6. The summed E-state index contributed by atoms with van der Waals surface area (Å²) in [4.78, 5) is 37.5. The number of fused-ring (bicyclic) bond motifs is 3. The molecule has 0 saturated heterocycles. The standard InChI is InChI=1S/C24H31NO6/c1-13(2)12-18(25-23(28)31-24(4,5)6)22(27)29-19-11-10-16-15-8-7-9-17(15)21(26)30-20(16)14(19)3/h10-11,13,18H,7-9,12H2,1-6H3,(H,25,28). The molecule has 7 nitrogen and oxygen atoms in total. The van der Waals surface area contributed by atoms with Gasteiger partial charge in [-0.05, 0) is 77.0 Å². The van der Waals surface area contributed by atoms with Gasteiger partial charge in [0.1, 0.15) is 23.0 Å². The van der Waals surface area contributed by atoms with Crippen molar-refractivity contribution < 1.29 is 23.5 Å². The maximum absolute atomic E-state index is 12.9. The molecular weight excluding hydrogens is 398 g/mol. The molecule has 2 aromatic rings. The van der Waals surface area contributed by atoms with Gasteiger partial charge in [-0.2, -0.15) is 0 Å². The van der Waals surface area contributed by atoms with Gasteiger partial charge in [0.2, 0.25) is 0 Å². The van der Waals surface area contributed by atoms with Gasteiger partial charge in [-0.25, -0.2) is 14.4 Å². The molecule has 0 spiro atoms. The normalized spacial score (nSPS) is 14.4. The molecule has 1 aliphatic carbocycles. The number of alkyl carbamates (subject to hydrolysis) is 1. The molecule has 0 aliphatic heterocycles. The van der Waals surface area contributed by atoms with Gasteiger partial charge in [0.25, 0.3) is 0 Å². The van der Waals surface area contributed by atoms with E-state index in [2.05, 4.69) is 5.32 Å². The topological polar surface area (TPSA) is 94.8 Å². The van der Waals surface area contributed by atoms with E-state index in [0.717, 1.165) is 35.8 Å². The fourth-order valence-corrected chi connectivity index (χ4v) is 3.89. The second-order valence-electron chi connectivity index (χ2n) is 9.52. The SMILES string of the molecule is Cc1c(OC(=O)C(CC(C)C)NC(=O)OC(C)(C)C)ccc2c3c(c(=O)oc12)CCC3. The van der Waals surface area contributed by atoms with Crippen LogP contribution in [0.5, 0.6) is 5.75 Å². The van der Waals surface area contributed by atoms with Gasteiger partial charge < -0.3 is 19.2 Å². The van der Waals surface area contributed by atoms with E-state index in [0.29, 0.717) is 23.3 Å². The van der Waals surface area contributed by atoms with Crippen molar-refractivity contribution in [2.45, 2.75) is 78.9 Å². The van der Waals surface area contributed by atoms with Crippen LogP contribution in [0.3, 0.4) is 0 Å². The average molecular weight is 430 g/mol. The summed E-state index contributed by atoms with van der Waals surface area (Å²) in [6.45, 7) is 10.9. The number of rotatable bonds is 5. The first-order chi connectivity index (χ1) is 14.5. The van der Waals surface area contributed by atoms with Gasteiger partial charge in [-0.1, -0.05) is 13.8 Å². The van der Waals surface area contributed by atoms with Crippen molar-refractivity contribution in [2.75, 3.05) is 0 Å². The second-order valence-corrected chi connectivity index (χ2v) is 9.52. The number of esters is 1. The zero-order valence-corrected chi connectivity index (χ0v) is 19.1. The number of ether oxygens (including phenoxy) is 2. The van der Waals surface area contributed by atoms with Crippen LogP contribution in [0.1, 0.15) is 64.2 Å². The molecule has 3 rings (SSSR count). The van der Waals surface area contributed by atoms with Gasteiger partial charge in [0, 0.05) is 16.5 Å². The van der Waals surface area contributed by atoms with Gasteiger partial charge >= 0.3 is 17.7 Å². The molecule has 1 heterocycles. The molecule has 1 aromatic carbocycles. The quantitative estimate of drug-likeness (QED) is 0.429. The lowest BCUT2D eigenvalue weighted by Crippen LogP contribution is -2.45. The first-order valence-electron chi connectivity index (χ1n) is 10.8. The van der Waals surface area contributed by atoms with E-state index in [1.54, 1.807) is 33.8 Å². The number of aryl methyl sites for hydroxylation is 2. The first kappa shape index (κ1) is 22.8. The molecule has 168 valence electrons. The summed E-state index contributed by atoms with van der Waals surface area (Å²) >= 11 is 0. The number of nitrogens with one attached hydrogen (secondary N) is 1. The summed E-state index contributed by atoms with van der Waals surface area (Å²) in [6, 6.07) is 2.68. The Balaban J connectivity index is 1.86. The van der Waals surface area contributed by atoms with Gasteiger partial charge in [-0.15, -0.1) is 0 Å². The van der Waals surface area contributed by atoms with Gasteiger partial charge in [0.15, 0.2) is 0 Å². The van der Waals surface area contributed by atoms with Crippen LogP contribution in [-0.4, -0.2) is 23.7 Å². The molecule has 1 amide bonds. The Morgan fingerprint density at radius 1 is 1.16 bits per heavy atom. The van der Waals surface area contributed by atoms with Crippen LogP contribution in [-0.2, 0) is 22.4 Å². The van der Waals surface area contributed by atoms with Crippen LogP contribution in [0.15, 0.2) is 21.3 Å². The summed E-state index contributed by atoms with van der Waals surface area (Å²) in [5, 5.41) is 3.50. The second kappa shape index (κ2) is 8.73. The number of benzene rings is 1. The fraction of sp³-hybridized carbons (Fsp3) is 0.542. The van der Waals surface area contributed by atoms with E-state index in [4.69, 9.17) is 13.9 Å². The molecule has 0 saturated carbocycles. The molecule has 0 radical (unpaired) electrons. The lowest BCUT2D eigenvalue weighted by Gasteiger charge is -2.24. The predicted octanol–water partition coefficient (Wildman–Crippen LogP) is 4.43. The third-order valence-corrected chi connectivity index (χ3v) is 5.23. The van der Waals surface area contributed by atoms with E-state index in [-0.39, 0.29) is 11.5 Å². The molecule has 7 heteroatoms. The van der Waals surface area contributed by atoms with Crippen molar-refractivity contribution in [2.24, 2.45) is 5.92 Å². The Morgan fingerprint density at radius 3 is 2.48 bits per heavy atom. The predicted molar refractivity (Wildman–Crippen MR) is 117 cm³/mol. The molecule has 0 fully saturated rings. The number of amides is 1. The van der Waals surface area contributed by atoms with Crippen LogP contribution < -0.4 is 15.7 Å². The van der Waals surface area contributed by atoms with E-state index in [1.807, 2.05) is 19.9 Å². The van der Waals surface area contributed by atoms with Crippen molar-refractivity contribution in [1.82, 2.24) is 5.32 Å². The maximum atomic E-state index is 12.9. The highest BCUT2D eigenvalue weighted by molar-refractivity contribution is 5.88. The maximum Gasteiger partial charge on any atom is 0.408 e. The van der Waals surface area contributed by atoms with Crippen molar-refractivity contribution >= 4 is 23.0 Å². The summed E-state index contributed by atoms with van der Waals surface area (Å²) in [5.41, 5.74) is 1.79. The Labute approximate surface area is 182 Å². The molecule has 0 bridgehead atoms. The minimum absolute atomic E-state index is 0.144. The molecule has 1 aliphatic rings. The van der Waals surface area contributed by atoms with E-state index >= 15 is 0 Å². The molecule has 1 unspecified atom stereocenters. The minimum atomic E-state index is -0.864. The summed E-state index contributed by atoms with van der Waals surface area (Å²) in [6.07, 6.45) is 2.23. The summed E-state index contributed by atoms with van der Waals surface area (Å²) in [7, 11) is 0. The number of carbonyl (C=O) groups is 2. The summed E-state index contributed by atoms with van der Waals surface area (Å²) in [5.74, 6) is -0.144. The molecule has 1 atom stereocenters. The monoisotopic (exact) mass is 429 g/mol.